The van der Waals surface area contributed by atoms with Crippen LogP contribution in [0.15, 0.2) is 30.3 Å². The second-order valence-electron chi connectivity index (χ2n) is 3.25. The average Bonchev–Trinajstić information content (AvgIpc) is 2.65. The number of hydrogen-bond acceptors (Lipinski definition) is 4. The molecule has 1 aliphatic heterocycles. The summed E-state index contributed by atoms with van der Waals surface area (Å²) < 4.78 is 10.4. The van der Waals surface area contributed by atoms with E-state index in [2.05, 4.69) is 5.32 Å². The second kappa shape index (κ2) is 5.31. The van der Waals surface area contributed by atoms with Gasteiger partial charge in [0.1, 0.15) is 12.4 Å². The number of carbonyl (C=O) groups excluding carboxylic acids is 2. The number of rotatable bonds is 5. The quantitative estimate of drug-likeness (QED) is 0.572. The molecule has 1 fully saturated rings. The number of nitrogens with one attached hydrogen (secondary N) is 2. The maximum Gasteiger partial charge on any atom is 0.324 e. The SMILES string of the molecule is O=C1N[C](OCCOc2ccccc2)C(=O)N1. The Kier molecular flexibility index (Phi) is 3.56. The summed E-state index contributed by atoms with van der Waals surface area (Å²) in [5, 5.41) is 4.28. The molecule has 1 radical (unpaired) electrons. The van der Waals surface area contributed by atoms with Crippen LogP contribution in [0, 0.1) is 6.23 Å². The minimum atomic E-state index is -0.575. The lowest BCUT2D eigenvalue weighted by Gasteiger charge is -2.08. The van der Waals surface area contributed by atoms with E-state index in [9.17, 15) is 9.59 Å². The van der Waals surface area contributed by atoms with Gasteiger partial charge in [-0.2, -0.15) is 0 Å². The molecule has 0 unspecified atom stereocenters. The summed E-state index contributed by atoms with van der Waals surface area (Å²) in [5.41, 5.74) is 0. The Morgan fingerprint density at radius 1 is 0.941 bits per heavy atom. The highest BCUT2D eigenvalue weighted by Gasteiger charge is 2.32. The first-order chi connectivity index (χ1) is 8.25. The fraction of sp³-hybridized carbons (Fsp3) is 0.182. The number of amides is 3. The molecule has 0 spiro atoms. The van der Waals surface area contributed by atoms with Gasteiger partial charge >= 0.3 is 6.03 Å². The summed E-state index contributed by atoms with van der Waals surface area (Å²) in [4.78, 5) is 21.8. The van der Waals surface area contributed by atoms with E-state index >= 15 is 0 Å². The molecule has 6 nitrogen and oxygen atoms in total. The predicted octanol–water partition coefficient (Wildman–Crippen LogP) is 0.411. The van der Waals surface area contributed by atoms with Gasteiger partial charge in [-0.25, -0.2) is 4.79 Å². The monoisotopic (exact) mass is 235 g/mol. The van der Waals surface area contributed by atoms with Gasteiger partial charge in [-0.05, 0) is 12.1 Å². The molecule has 2 N–H and O–H groups in total. The zero-order valence-corrected chi connectivity index (χ0v) is 8.93. The van der Waals surface area contributed by atoms with Crippen molar-refractivity contribution in [2.75, 3.05) is 13.2 Å². The van der Waals surface area contributed by atoms with E-state index in [0.717, 1.165) is 5.75 Å². The van der Waals surface area contributed by atoms with Crippen LogP contribution in [-0.2, 0) is 9.53 Å². The van der Waals surface area contributed by atoms with E-state index in [1.54, 1.807) is 0 Å². The number of benzene rings is 1. The molecule has 0 bridgehead atoms. The fourth-order valence-electron chi connectivity index (χ4n) is 1.27. The normalized spacial score (nSPS) is 15.5. The van der Waals surface area contributed by atoms with Crippen molar-refractivity contribution in [1.29, 1.82) is 0 Å². The van der Waals surface area contributed by atoms with Crippen LogP contribution in [0.5, 0.6) is 5.75 Å². The van der Waals surface area contributed by atoms with Crippen molar-refractivity contribution in [3.05, 3.63) is 36.6 Å². The van der Waals surface area contributed by atoms with Crippen LogP contribution in [-0.4, -0.2) is 25.2 Å². The van der Waals surface area contributed by atoms with Gasteiger partial charge in [0.15, 0.2) is 0 Å². The lowest BCUT2D eigenvalue weighted by atomic mass is 10.3. The first kappa shape index (κ1) is 11.4. The van der Waals surface area contributed by atoms with Crippen LogP contribution >= 0.6 is 0 Å². The van der Waals surface area contributed by atoms with Crippen molar-refractivity contribution in [2.24, 2.45) is 0 Å². The summed E-state index contributed by atoms with van der Waals surface area (Å²) in [7, 11) is 0. The van der Waals surface area contributed by atoms with Crippen LogP contribution in [0.2, 0.25) is 0 Å². The minimum Gasteiger partial charge on any atom is -0.491 e. The van der Waals surface area contributed by atoms with Gasteiger partial charge in [0.25, 0.3) is 12.1 Å². The Bertz CT molecular complexity index is 407. The van der Waals surface area contributed by atoms with Crippen LogP contribution in [0.1, 0.15) is 0 Å². The third kappa shape index (κ3) is 3.18. The molecule has 0 aromatic heterocycles. The van der Waals surface area contributed by atoms with Crippen LogP contribution in [0.4, 0.5) is 4.79 Å². The van der Waals surface area contributed by atoms with E-state index in [4.69, 9.17) is 9.47 Å². The molecule has 1 heterocycles. The van der Waals surface area contributed by atoms with E-state index in [0.29, 0.717) is 0 Å². The molecule has 0 saturated carbocycles. The lowest BCUT2D eigenvalue weighted by molar-refractivity contribution is -0.122. The van der Waals surface area contributed by atoms with Crippen molar-refractivity contribution in [3.8, 4) is 5.75 Å². The highest BCUT2D eigenvalue weighted by Crippen LogP contribution is 2.08. The number of imide groups is 1. The second-order valence-corrected chi connectivity index (χ2v) is 3.25. The molecule has 3 amide bonds. The zero-order chi connectivity index (χ0) is 12.1. The molecule has 2 rings (SSSR count). The first-order valence-electron chi connectivity index (χ1n) is 5.05. The molecule has 0 atom stereocenters. The third-order valence-electron chi connectivity index (χ3n) is 2.00. The van der Waals surface area contributed by atoms with Crippen molar-refractivity contribution < 1.29 is 19.1 Å². The molecule has 1 aromatic carbocycles. The van der Waals surface area contributed by atoms with Crippen molar-refractivity contribution in [1.82, 2.24) is 10.6 Å². The molecule has 1 saturated heterocycles. The molecular formula is C11H11N2O4. The Labute approximate surface area is 97.9 Å². The van der Waals surface area contributed by atoms with E-state index < -0.39 is 11.9 Å². The number of carbonyl (C=O) groups is 2. The summed E-state index contributed by atoms with van der Waals surface area (Å²) in [6.07, 6.45) is -0.0911. The summed E-state index contributed by atoms with van der Waals surface area (Å²) in [6.45, 7) is 0.467. The third-order valence-corrected chi connectivity index (χ3v) is 2.00. The smallest absolute Gasteiger partial charge is 0.324 e. The number of para-hydroxylation sites is 1. The summed E-state index contributed by atoms with van der Waals surface area (Å²) >= 11 is 0. The predicted molar refractivity (Wildman–Crippen MR) is 57.8 cm³/mol. The molecule has 17 heavy (non-hydrogen) atoms. The molecule has 89 valence electrons. The van der Waals surface area contributed by atoms with Gasteiger partial charge in [0, 0.05) is 0 Å². The Balaban J connectivity index is 1.67. The van der Waals surface area contributed by atoms with E-state index in [-0.39, 0.29) is 19.4 Å². The van der Waals surface area contributed by atoms with Gasteiger partial charge in [0.2, 0.25) is 0 Å². The first-order valence-corrected chi connectivity index (χ1v) is 5.05. The standard InChI is InChI=1S/C11H11N2O4/c14-9-10(13-11(15)12-9)17-7-6-16-8-4-2-1-3-5-8/h1-5H,6-7H2,(H2,12,13,14,15). The largest absolute Gasteiger partial charge is 0.491 e. The summed E-state index contributed by atoms with van der Waals surface area (Å²) in [6, 6.07) is 8.66. The van der Waals surface area contributed by atoms with Gasteiger partial charge < -0.3 is 9.47 Å². The molecule has 0 aliphatic carbocycles. The maximum atomic E-state index is 11.1. The van der Waals surface area contributed by atoms with Crippen molar-refractivity contribution in [2.45, 2.75) is 0 Å². The Morgan fingerprint density at radius 3 is 2.29 bits per heavy atom. The zero-order valence-electron chi connectivity index (χ0n) is 8.93. The Hall–Kier alpha value is -2.08. The highest BCUT2D eigenvalue weighted by molar-refractivity contribution is 6.08. The van der Waals surface area contributed by atoms with Gasteiger partial charge in [-0.1, -0.05) is 18.2 Å². The van der Waals surface area contributed by atoms with E-state index in [1.165, 1.54) is 0 Å². The van der Waals surface area contributed by atoms with Gasteiger partial charge in [-0.15, -0.1) is 0 Å². The number of ether oxygens (including phenoxy) is 2. The molecule has 1 aromatic rings. The van der Waals surface area contributed by atoms with Crippen molar-refractivity contribution >= 4 is 11.9 Å². The summed E-state index contributed by atoms with van der Waals surface area (Å²) in [5.74, 6) is 0.163. The average molecular weight is 235 g/mol. The fourth-order valence-corrected chi connectivity index (χ4v) is 1.27. The van der Waals surface area contributed by atoms with E-state index in [1.807, 2.05) is 35.6 Å². The molecule has 1 aliphatic rings. The Morgan fingerprint density at radius 2 is 1.65 bits per heavy atom. The topological polar surface area (TPSA) is 76.7 Å². The van der Waals surface area contributed by atoms with Gasteiger partial charge in [-0.3, -0.25) is 15.4 Å². The van der Waals surface area contributed by atoms with Crippen LogP contribution < -0.4 is 15.4 Å². The number of urea groups is 1. The minimum absolute atomic E-state index is 0.0911. The maximum absolute atomic E-state index is 11.1. The highest BCUT2D eigenvalue weighted by atomic mass is 16.5. The van der Waals surface area contributed by atoms with Crippen molar-refractivity contribution in [3.63, 3.8) is 0 Å². The van der Waals surface area contributed by atoms with Crippen LogP contribution in [0.3, 0.4) is 0 Å². The number of hydrogen-bond donors (Lipinski definition) is 2. The van der Waals surface area contributed by atoms with Crippen LogP contribution in [0.25, 0.3) is 0 Å². The molecule has 6 heteroatoms. The molecular weight excluding hydrogens is 224 g/mol. The lowest BCUT2D eigenvalue weighted by Crippen LogP contribution is -2.24. The van der Waals surface area contributed by atoms with Gasteiger partial charge in [0.05, 0.1) is 6.61 Å².